The number of carbonyl (C=O) groups is 1. The summed E-state index contributed by atoms with van der Waals surface area (Å²) in [5.74, 6) is -0.259. The largest absolute Gasteiger partial charge is 0.339 e. The lowest BCUT2D eigenvalue weighted by atomic mass is 10.1. The molecule has 3 rings (SSSR count). The Morgan fingerprint density at radius 1 is 1.04 bits per heavy atom. The number of anilines is 1. The number of benzene rings is 1. The molecule has 10 heteroatoms. The number of nitrogens with zero attached hydrogens (tertiary/aromatic N) is 1. The van der Waals surface area contributed by atoms with Gasteiger partial charge in [0.25, 0.3) is 21.5 Å². The summed E-state index contributed by atoms with van der Waals surface area (Å²) in [7, 11) is -4.29. The van der Waals surface area contributed by atoms with Crippen molar-refractivity contribution in [2.24, 2.45) is 0 Å². The van der Waals surface area contributed by atoms with Crippen LogP contribution < -0.4 is 16.0 Å². The molecule has 1 amide bonds. The maximum atomic E-state index is 12.9. The Hall–Kier alpha value is -2.88. The highest BCUT2D eigenvalue weighted by Crippen LogP contribution is 2.22. The second-order valence-corrected chi connectivity index (χ2v) is 7.94. The van der Waals surface area contributed by atoms with Crippen molar-refractivity contribution in [2.75, 3.05) is 17.8 Å². The molecule has 0 aliphatic carbocycles. The van der Waals surface area contributed by atoms with Gasteiger partial charge >= 0.3 is 5.69 Å². The van der Waals surface area contributed by atoms with E-state index in [1.165, 1.54) is 6.07 Å². The van der Waals surface area contributed by atoms with Crippen molar-refractivity contribution in [1.82, 2.24) is 14.9 Å². The SMILES string of the molecule is O=C(c1ccccc1NS(=O)(=O)c1c[nH]c(=O)[nH]c1=O)N1CCCCCC1. The van der Waals surface area contributed by atoms with Crippen LogP contribution in [0.3, 0.4) is 0 Å². The van der Waals surface area contributed by atoms with Crippen LogP contribution in [-0.2, 0) is 10.0 Å². The summed E-state index contributed by atoms with van der Waals surface area (Å²) in [5.41, 5.74) is -1.56. The smallest absolute Gasteiger partial charge is 0.325 e. The first-order valence-corrected chi connectivity index (χ1v) is 10.1. The lowest BCUT2D eigenvalue weighted by Crippen LogP contribution is -2.33. The van der Waals surface area contributed by atoms with Crippen molar-refractivity contribution in [2.45, 2.75) is 30.6 Å². The number of aromatic amines is 2. The lowest BCUT2D eigenvalue weighted by molar-refractivity contribution is 0.0762. The van der Waals surface area contributed by atoms with E-state index in [9.17, 15) is 22.8 Å². The number of aromatic nitrogens is 2. The van der Waals surface area contributed by atoms with Gasteiger partial charge < -0.3 is 9.88 Å². The minimum absolute atomic E-state index is 0.0809. The number of amides is 1. The number of nitrogens with one attached hydrogen (secondary N) is 3. The van der Waals surface area contributed by atoms with Crippen LogP contribution in [0, 0.1) is 0 Å². The highest BCUT2D eigenvalue weighted by Gasteiger charge is 2.24. The highest BCUT2D eigenvalue weighted by molar-refractivity contribution is 7.92. The van der Waals surface area contributed by atoms with Gasteiger partial charge in [-0.1, -0.05) is 25.0 Å². The van der Waals surface area contributed by atoms with E-state index >= 15 is 0 Å². The van der Waals surface area contributed by atoms with Crippen molar-refractivity contribution >= 4 is 21.6 Å². The summed E-state index contributed by atoms with van der Waals surface area (Å²) in [6, 6.07) is 6.24. The van der Waals surface area contributed by atoms with E-state index in [4.69, 9.17) is 0 Å². The van der Waals surface area contributed by atoms with Crippen molar-refractivity contribution in [3.8, 4) is 0 Å². The van der Waals surface area contributed by atoms with E-state index < -0.39 is 26.2 Å². The van der Waals surface area contributed by atoms with Gasteiger partial charge in [-0.15, -0.1) is 0 Å². The van der Waals surface area contributed by atoms with Gasteiger partial charge in [0.05, 0.1) is 11.3 Å². The Labute approximate surface area is 155 Å². The first kappa shape index (κ1) is 18.9. The molecule has 27 heavy (non-hydrogen) atoms. The molecule has 3 N–H and O–H groups in total. The number of H-pyrrole nitrogens is 2. The Morgan fingerprint density at radius 3 is 2.37 bits per heavy atom. The maximum absolute atomic E-state index is 12.9. The van der Waals surface area contributed by atoms with Crippen molar-refractivity contribution in [3.63, 3.8) is 0 Å². The van der Waals surface area contributed by atoms with Crippen molar-refractivity contribution < 1.29 is 13.2 Å². The molecule has 0 saturated carbocycles. The summed E-state index contributed by atoms with van der Waals surface area (Å²) in [6.45, 7) is 1.25. The van der Waals surface area contributed by atoms with Crippen LogP contribution in [0.2, 0.25) is 0 Å². The molecule has 0 unspecified atom stereocenters. The molecule has 0 atom stereocenters. The number of sulfonamides is 1. The Bertz CT molecular complexity index is 1050. The second-order valence-electron chi connectivity index (χ2n) is 6.29. The molecule has 9 nitrogen and oxygen atoms in total. The van der Waals surface area contributed by atoms with Gasteiger partial charge in [0.1, 0.15) is 0 Å². The van der Waals surface area contributed by atoms with E-state index in [1.54, 1.807) is 23.1 Å². The first-order valence-electron chi connectivity index (χ1n) is 8.61. The van der Waals surface area contributed by atoms with Crippen LogP contribution in [-0.4, -0.2) is 42.3 Å². The zero-order chi connectivity index (χ0) is 19.4. The molecule has 1 fully saturated rings. The number of para-hydroxylation sites is 1. The normalized spacial score (nSPS) is 15.2. The molecule has 1 aromatic carbocycles. The number of carbonyl (C=O) groups excluding carboxylic acids is 1. The summed E-state index contributed by atoms with van der Waals surface area (Å²) >= 11 is 0. The Kier molecular flexibility index (Phi) is 5.45. The van der Waals surface area contributed by atoms with Gasteiger partial charge in [-0.3, -0.25) is 19.3 Å². The van der Waals surface area contributed by atoms with Gasteiger partial charge in [0.2, 0.25) is 0 Å². The monoisotopic (exact) mass is 392 g/mol. The van der Waals surface area contributed by atoms with Gasteiger partial charge in [-0.25, -0.2) is 13.2 Å². The fraction of sp³-hybridized carbons (Fsp3) is 0.353. The molecule has 1 saturated heterocycles. The van der Waals surface area contributed by atoms with Gasteiger partial charge in [-0.2, -0.15) is 0 Å². The molecular weight excluding hydrogens is 372 g/mol. The second kappa shape index (κ2) is 7.78. The number of hydrogen-bond donors (Lipinski definition) is 3. The predicted octanol–water partition coefficient (Wildman–Crippen LogP) is 0.880. The van der Waals surface area contributed by atoms with E-state index in [1.807, 2.05) is 4.98 Å². The molecule has 0 radical (unpaired) electrons. The van der Waals surface area contributed by atoms with Crippen molar-refractivity contribution in [1.29, 1.82) is 0 Å². The molecule has 2 aromatic rings. The van der Waals surface area contributed by atoms with Crippen molar-refractivity contribution in [3.05, 3.63) is 56.9 Å². The zero-order valence-electron chi connectivity index (χ0n) is 14.5. The van der Waals surface area contributed by atoms with E-state index in [0.717, 1.165) is 31.9 Å². The molecule has 1 aliphatic rings. The molecule has 1 aromatic heterocycles. The average Bonchev–Trinajstić information content (AvgIpc) is 2.90. The van der Waals surface area contributed by atoms with E-state index in [2.05, 4.69) is 9.71 Å². The summed E-state index contributed by atoms with van der Waals surface area (Å²) < 4.78 is 27.4. The van der Waals surface area contributed by atoms with Crippen LogP contribution in [0.5, 0.6) is 0 Å². The molecule has 1 aliphatic heterocycles. The molecule has 0 bridgehead atoms. The third-order valence-corrected chi connectivity index (χ3v) is 5.74. The third-order valence-electron chi connectivity index (χ3n) is 4.37. The lowest BCUT2D eigenvalue weighted by Gasteiger charge is -2.22. The Balaban J connectivity index is 1.92. The molecule has 144 valence electrons. The molecule has 2 heterocycles. The van der Waals surface area contributed by atoms with Crippen LogP contribution >= 0.6 is 0 Å². The van der Waals surface area contributed by atoms with Crippen LogP contribution in [0.25, 0.3) is 0 Å². The maximum Gasteiger partial charge on any atom is 0.325 e. The summed E-state index contributed by atoms with van der Waals surface area (Å²) in [5, 5.41) is 0. The average molecular weight is 392 g/mol. The van der Waals surface area contributed by atoms with Crippen LogP contribution in [0.15, 0.2) is 44.9 Å². The van der Waals surface area contributed by atoms with Gasteiger partial charge in [0.15, 0.2) is 4.90 Å². The number of hydrogen-bond acceptors (Lipinski definition) is 5. The third kappa shape index (κ3) is 4.27. The van der Waals surface area contributed by atoms with Gasteiger partial charge in [0, 0.05) is 19.3 Å². The zero-order valence-corrected chi connectivity index (χ0v) is 15.3. The predicted molar refractivity (Wildman–Crippen MR) is 99.3 cm³/mol. The minimum Gasteiger partial charge on any atom is -0.339 e. The summed E-state index contributed by atoms with van der Waals surface area (Å²) in [6.07, 6.45) is 4.77. The topological polar surface area (TPSA) is 132 Å². The fourth-order valence-electron chi connectivity index (χ4n) is 3.00. The highest BCUT2D eigenvalue weighted by atomic mass is 32.2. The number of rotatable bonds is 4. The van der Waals surface area contributed by atoms with E-state index in [0.29, 0.717) is 13.1 Å². The van der Waals surface area contributed by atoms with E-state index in [-0.39, 0.29) is 17.2 Å². The van der Waals surface area contributed by atoms with Crippen LogP contribution in [0.4, 0.5) is 5.69 Å². The first-order chi connectivity index (χ1) is 12.9. The molecule has 0 spiro atoms. The van der Waals surface area contributed by atoms with Gasteiger partial charge in [-0.05, 0) is 25.0 Å². The molecular formula is C17H20N4O5S. The summed E-state index contributed by atoms with van der Waals surface area (Å²) in [4.78, 5) is 40.9. The number of likely N-dealkylation sites (tertiary alicyclic amines) is 1. The van der Waals surface area contributed by atoms with Crippen LogP contribution in [0.1, 0.15) is 36.0 Å². The standard InChI is InChI=1S/C17H20N4O5S/c22-15-14(11-18-17(24)19-15)27(25,26)20-13-8-4-3-7-12(13)16(23)21-9-5-1-2-6-10-21/h3-4,7-8,11,20H,1-2,5-6,9-10H2,(H2,18,19,22,24). The Morgan fingerprint density at radius 2 is 1.70 bits per heavy atom. The fourth-order valence-corrected chi connectivity index (χ4v) is 4.09. The quantitative estimate of drug-likeness (QED) is 0.711. The minimum atomic E-state index is -4.29.